The molecule has 0 spiro atoms. The highest BCUT2D eigenvalue weighted by Crippen LogP contribution is 2.38. The van der Waals surface area contributed by atoms with Crippen molar-refractivity contribution >= 4 is 5.97 Å². The quantitative estimate of drug-likeness (QED) is 0.572. The molecule has 2 nitrogen and oxygen atoms in total. The van der Waals surface area contributed by atoms with Crippen LogP contribution in [0, 0.1) is 0 Å². The number of esters is 1. The molecule has 0 saturated heterocycles. The molecule has 0 aliphatic heterocycles. The fourth-order valence-corrected chi connectivity index (χ4v) is 2.98. The summed E-state index contributed by atoms with van der Waals surface area (Å²) in [7, 11) is 0. The average molecular weight is 318 g/mol. The maximum atomic E-state index is 12.3. The highest BCUT2D eigenvalue weighted by atomic mass is 16.5. The summed E-state index contributed by atoms with van der Waals surface area (Å²) in [4.78, 5) is 12.3. The van der Waals surface area contributed by atoms with Crippen LogP contribution in [0.15, 0.2) is 60.7 Å². The Balaban J connectivity index is 2.23. The molecule has 2 aliphatic carbocycles. The van der Waals surface area contributed by atoms with Gasteiger partial charge < -0.3 is 4.74 Å². The largest absolute Gasteiger partial charge is 0.462 e. The first-order valence-corrected chi connectivity index (χ1v) is 8.41. The van der Waals surface area contributed by atoms with Crippen molar-refractivity contribution in [3.8, 4) is 22.3 Å². The first kappa shape index (κ1) is 16.3. The van der Waals surface area contributed by atoms with Gasteiger partial charge in [0.15, 0.2) is 0 Å². The lowest BCUT2D eigenvalue weighted by molar-refractivity contribution is 0.0528. The SMILES string of the molecule is CCOC(=O)c1ccc2c(-c3ccccc3)ccc(C(C)C)cc1-2. The fourth-order valence-electron chi connectivity index (χ4n) is 2.98. The molecule has 0 atom stereocenters. The molecule has 0 N–H and O–H groups in total. The van der Waals surface area contributed by atoms with Crippen LogP contribution in [0.25, 0.3) is 22.3 Å². The van der Waals surface area contributed by atoms with E-state index < -0.39 is 0 Å². The van der Waals surface area contributed by atoms with Crippen LogP contribution in [0.4, 0.5) is 0 Å². The van der Waals surface area contributed by atoms with Crippen LogP contribution in [0.3, 0.4) is 0 Å². The van der Waals surface area contributed by atoms with Gasteiger partial charge in [0.25, 0.3) is 0 Å². The van der Waals surface area contributed by atoms with Crippen LogP contribution in [-0.4, -0.2) is 12.6 Å². The van der Waals surface area contributed by atoms with Gasteiger partial charge in [0.1, 0.15) is 0 Å². The molecule has 0 radical (unpaired) electrons. The van der Waals surface area contributed by atoms with Gasteiger partial charge in [-0.3, -0.25) is 0 Å². The maximum absolute atomic E-state index is 12.3. The van der Waals surface area contributed by atoms with Gasteiger partial charge >= 0.3 is 5.97 Å². The maximum Gasteiger partial charge on any atom is 0.338 e. The minimum Gasteiger partial charge on any atom is -0.462 e. The summed E-state index contributed by atoms with van der Waals surface area (Å²) in [6, 6.07) is 20.6. The Morgan fingerprint density at radius 1 is 0.917 bits per heavy atom. The fraction of sp³-hybridized carbons (Fsp3) is 0.227. The first-order valence-electron chi connectivity index (χ1n) is 8.41. The molecule has 0 saturated carbocycles. The van der Waals surface area contributed by atoms with Gasteiger partial charge in [-0.1, -0.05) is 68.4 Å². The van der Waals surface area contributed by atoms with Gasteiger partial charge in [-0.25, -0.2) is 4.79 Å². The number of rotatable bonds is 4. The van der Waals surface area contributed by atoms with Gasteiger partial charge in [-0.05, 0) is 46.7 Å². The average Bonchev–Trinajstić information content (AvgIpc) is 2.89. The zero-order valence-electron chi connectivity index (χ0n) is 14.4. The molecule has 0 heterocycles. The normalized spacial score (nSPS) is 11.0. The number of ether oxygens (including phenoxy) is 1. The van der Waals surface area contributed by atoms with Gasteiger partial charge in [-0.15, -0.1) is 0 Å². The van der Waals surface area contributed by atoms with Gasteiger partial charge in [0.2, 0.25) is 0 Å². The highest BCUT2D eigenvalue weighted by Gasteiger charge is 2.20. The van der Waals surface area contributed by atoms with E-state index in [9.17, 15) is 4.79 Å². The third kappa shape index (κ3) is 3.05. The molecule has 0 aromatic heterocycles. The molecule has 2 aliphatic rings. The molecule has 2 heteroatoms. The van der Waals surface area contributed by atoms with E-state index in [1.807, 2.05) is 37.3 Å². The number of fused-ring (bicyclic) bond motifs is 1. The van der Waals surface area contributed by atoms with Crippen molar-refractivity contribution in [2.45, 2.75) is 26.7 Å². The van der Waals surface area contributed by atoms with E-state index in [0.717, 1.165) is 22.3 Å². The Morgan fingerprint density at radius 3 is 2.29 bits per heavy atom. The van der Waals surface area contributed by atoms with Crippen LogP contribution < -0.4 is 0 Å². The molecule has 3 rings (SSSR count). The number of hydrogen-bond donors (Lipinski definition) is 0. The van der Waals surface area contributed by atoms with Crippen molar-refractivity contribution in [2.24, 2.45) is 0 Å². The summed E-state index contributed by atoms with van der Waals surface area (Å²) in [5, 5.41) is 0. The monoisotopic (exact) mass is 318 g/mol. The lowest BCUT2D eigenvalue weighted by Crippen LogP contribution is -2.04. The smallest absolute Gasteiger partial charge is 0.338 e. The van der Waals surface area contributed by atoms with Gasteiger partial charge in [0, 0.05) is 0 Å². The molecule has 0 fully saturated rings. The molecule has 1 aromatic rings. The Bertz CT molecular complexity index is 819. The Kier molecular flexibility index (Phi) is 4.66. The van der Waals surface area contributed by atoms with Gasteiger partial charge in [-0.2, -0.15) is 0 Å². The summed E-state index contributed by atoms with van der Waals surface area (Å²) in [5.74, 6) is 0.126. The number of benzene rings is 1. The molecule has 24 heavy (non-hydrogen) atoms. The van der Waals surface area contributed by atoms with Crippen molar-refractivity contribution in [2.75, 3.05) is 6.61 Å². The molecule has 0 amide bonds. The molecule has 1 aromatic carbocycles. The first-order chi connectivity index (χ1) is 11.6. The van der Waals surface area contributed by atoms with Crippen molar-refractivity contribution in [3.63, 3.8) is 0 Å². The second kappa shape index (κ2) is 6.88. The zero-order chi connectivity index (χ0) is 17.1. The second-order valence-corrected chi connectivity index (χ2v) is 6.21. The third-order valence-electron chi connectivity index (χ3n) is 4.29. The van der Waals surface area contributed by atoms with E-state index in [2.05, 4.69) is 44.2 Å². The van der Waals surface area contributed by atoms with Crippen LogP contribution >= 0.6 is 0 Å². The predicted molar refractivity (Wildman–Crippen MR) is 98.5 cm³/mol. The summed E-state index contributed by atoms with van der Waals surface area (Å²) < 4.78 is 5.23. The Morgan fingerprint density at radius 2 is 1.62 bits per heavy atom. The third-order valence-corrected chi connectivity index (χ3v) is 4.29. The summed E-state index contributed by atoms with van der Waals surface area (Å²) in [5.41, 5.74) is 6.17. The predicted octanol–water partition coefficient (Wildman–Crippen LogP) is 5.76. The van der Waals surface area contributed by atoms with E-state index in [0.29, 0.717) is 18.1 Å². The zero-order valence-corrected chi connectivity index (χ0v) is 14.4. The second-order valence-electron chi connectivity index (χ2n) is 6.21. The van der Waals surface area contributed by atoms with Crippen LogP contribution in [-0.2, 0) is 4.74 Å². The number of carbonyl (C=O) groups is 1. The summed E-state index contributed by atoms with van der Waals surface area (Å²) in [6.45, 7) is 6.54. The topological polar surface area (TPSA) is 26.3 Å². The number of hydrogen-bond acceptors (Lipinski definition) is 2. The lowest BCUT2D eigenvalue weighted by atomic mass is 9.98. The van der Waals surface area contributed by atoms with E-state index in [4.69, 9.17) is 4.74 Å². The lowest BCUT2D eigenvalue weighted by Gasteiger charge is -2.07. The van der Waals surface area contributed by atoms with Crippen LogP contribution in [0.5, 0.6) is 0 Å². The Labute approximate surface area is 143 Å². The van der Waals surface area contributed by atoms with Crippen molar-refractivity contribution in [1.29, 1.82) is 0 Å². The molecule has 122 valence electrons. The standard InChI is InChI=1S/C22H22O2/c1-4-24-22(23)20-13-12-19-18(16-8-6-5-7-9-16)11-10-17(15(2)3)14-21(19)20/h5-15H,4H2,1-3H3. The van der Waals surface area contributed by atoms with Crippen molar-refractivity contribution < 1.29 is 9.53 Å². The summed E-state index contributed by atoms with van der Waals surface area (Å²) >= 11 is 0. The number of carbonyl (C=O) groups excluding carboxylic acids is 1. The van der Waals surface area contributed by atoms with Crippen molar-refractivity contribution in [1.82, 2.24) is 0 Å². The minimum atomic E-state index is -0.257. The van der Waals surface area contributed by atoms with Crippen LogP contribution in [0.1, 0.15) is 42.6 Å². The van der Waals surface area contributed by atoms with E-state index in [-0.39, 0.29) is 5.97 Å². The molecule has 0 unspecified atom stereocenters. The van der Waals surface area contributed by atoms with E-state index in [1.54, 1.807) is 0 Å². The van der Waals surface area contributed by atoms with Gasteiger partial charge in [0.05, 0.1) is 12.2 Å². The van der Waals surface area contributed by atoms with E-state index >= 15 is 0 Å². The molecular formula is C22H22O2. The van der Waals surface area contributed by atoms with E-state index in [1.165, 1.54) is 5.56 Å². The van der Waals surface area contributed by atoms with Crippen molar-refractivity contribution in [3.05, 3.63) is 71.8 Å². The molecular weight excluding hydrogens is 296 g/mol. The Hall–Kier alpha value is -2.61. The van der Waals surface area contributed by atoms with Crippen LogP contribution in [0.2, 0.25) is 0 Å². The summed E-state index contributed by atoms with van der Waals surface area (Å²) in [6.07, 6.45) is 0. The molecule has 0 bridgehead atoms. The highest BCUT2D eigenvalue weighted by molar-refractivity contribution is 6.02. The minimum absolute atomic E-state index is 0.257.